The molecule has 0 aliphatic carbocycles. The van der Waals surface area contributed by atoms with Crippen LogP contribution in [0.25, 0.3) is 0 Å². The highest BCUT2D eigenvalue weighted by atomic mass is 32.2. The Balaban J connectivity index is 2.30. The molecule has 0 bridgehead atoms. The molecule has 0 atom stereocenters. The van der Waals surface area contributed by atoms with E-state index in [1.165, 1.54) is 18.9 Å². The zero-order valence-electron chi connectivity index (χ0n) is 6.61. The van der Waals surface area contributed by atoms with Crippen LogP contribution < -0.4 is 5.32 Å². The first-order valence-electron chi connectivity index (χ1n) is 3.37. The fraction of sp³-hybridized carbons (Fsp3) is 0.500. The van der Waals surface area contributed by atoms with Gasteiger partial charge in [0.15, 0.2) is 5.17 Å². The molecule has 1 aliphatic rings. The van der Waals surface area contributed by atoms with Gasteiger partial charge in [0.05, 0.1) is 6.54 Å². The fourth-order valence-electron chi connectivity index (χ4n) is 0.649. The number of nitrogens with zero attached hydrogens (tertiary/aromatic N) is 2. The van der Waals surface area contributed by atoms with Gasteiger partial charge in [-0.05, 0) is 0 Å². The van der Waals surface area contributed by atoms with Gasteiger partial charge in [-0.15, -0.1) is 0 Å². The van der Waals surface area contributed by atoms with E-state index in [2.05, 4.69) is 20.3 Å². The largest absolute Gasteiger partial charge is 0.399 e. The van der Waals surface area contributed by atoms with Gasteiger partial charge in [0.2, 0.25) is 0 Å². The molecular weight excluding hydrogens is 178 g/mol. The van der Waals surface area contributed by atoms with E-state index in [0.29, 0.717) is 5.17 Å². The van der Waals surface area contributed by atoms with Gasteiger partial charge in [0.25, 0.3) is 5.91 Å². The average molecular weight is 187 g/mol. The summed E-state index contributed by atoms with van der Waals surface area (Å²) in [4.78, 5) is 19.3. The van der Waals surface area contributed by atoms with E-state index in [1.807, 2.05) is 0 Å². The molecule has 12 heavy (non-hydrogen) atoms. The molecule has 0 aromatic heterocycles. The van der Waals surface area contributed by atoms with Crippen molar-refractivity contribution in [3.8, 4) is 0 Å². The first-order chi connectivity index (χ1) is 5.83. The van der Waals surface area contributed by atoms with Crippen LogP contribution in [-0.2, 0) is 9.63 Å². The van der Waals surface area contributed by atoms with Gasteiger partial charge in [-0.1, -0.05) is 16.9 Å². The molecule has 0 unspecified atom stereocenters. The van der Waals surface area contributed by atoms with Crippen LogP contribution in [-0.4, -0.2) is 36.7 Å². The second-order valence-corrected chi connectivity index (χ2v) is 3.03. The molecule has 66 valence electrons. The third kappa shape index (κ3) is 2.91. The maximum atomic E-state index is 10.9. The number of carbonyl (C=O) groups excluding carboxylic acids is 1. The summed E-state index contributed by atoms with van der Waals surface area (Å²) in [6.45, 7) is 0.766. The number of amidine groups is 1. The first kappa shape index (κ1) is 9.05. The zero-order valence-corrected chi connectivity index (χ0v) is 7.43. The van der Waals surface area contributed by atoms with Gasteiger partial charge < -0.3 is 10.2 Å². The molecule has 1 rings (SSSR count). The SMILES string of the molecule is CO/N=C/C(=O)NC1=NCCS1. The Morgan fingerprint density at radius 3 is 3.33 bits per heavy atom. The summed E-state index contributed by atoms with van der Waals surface area (Å²) in [5.41, 5.74) is 0. The smallest absolute Gasteiger partial charge is 0.271 e. The predicted molar refractivity (Wildman–Crippen MR) is 48.4 cm³/mol. The van der Waals surface area contributed by atoms with Crippen molar-refractivity contribution in [2.75, 3.05) is 19.4 Å². The molecule has 1 amide bonds. The normalized spacial score (nSPS) is 16.2. The van der Waals surface area contributed by atoms with E-state index in [9.17, 15) is 4.79 Å². The van der Waals surface area contributed by atoms with Crippen molar-refractivity contribution >= 4 is 29.1 Å². The van der Waals surface area contributed by atoms with E-state index in [4.69, 9.17) is 0 Å². The molecule has 0 spiro atoms. The summed E-state index contributed by atoms with van der Waals surface area (Å²) >= 11 is 1.52. The summed E-state index contributed by atoms with van der Waals surface area (Å²) in [6.07, 6.45) is 1.07. The summed E-state index contributed by atoms with van der Waals surface area (Å²) in [6, 6.07) is 0. The number of thioether (sulfide) groups is 1. The molecule has 0 aromatic rings. The van der Waals surface area contributed by atoms with Gasteiger partial charge in [0.1, 0.15) is 13.3 Å². The number of rotatable bonds is 2. The van der Waals surface area contributed by atoms with Crippen molar-refractivity contribution in [2.24, 2.45) is 10.1 Å². The molecule has 1 N–H and O–H groups in total. The molecule has 0 saturated heterocycles. The number of oxime groups is 1. The van der Waals surface area contributed by atoms with Crippen molar-refractivity contribution in [2.45, 2.75) is 0 Å². The second-order valence-electron chi connectivity index (χ2n) is 1.94. The minimum atomic E-state index is -0.315. The van der Waals surface area contributed by atoms with Gasteiger partial charge in [-0.3, -0.25) is 9.79 Å². The minimum absolute atomic E-state index is 0.315. The van der Waals surface area contributed by atoms with E-state index >= 15 is 0 Å². The number of amides is 1. The molecule has 0 saturated carbocycles. The molecule has 1 aliphatic heterocycles. The number of hydrogen-bond donors (Lipinski definition) is 1. The van der Waals surface area contributed by atoms with Crippen LogP contribution in [0.4, 0.5) is 0 Å². The summed E-state index contributed by atoms with van der Waals surface area (Å²) in [5.74, 6) is 0.613. The minimum Gasteiger partial charge on any atom is -0.399 e. The zero-order chi connectivity index (χ0) is 8.81. The fourth-order valence-corrected chi connectivity index (χ4v) is 1.38. The Morgan fingerprint density at radius 1 is 1.92 bits per heavy atom. The Morgan fingerprint density at radius 2 is 2.75 bits per heavy atom. The number of nitrogens with one attached hydrogen (secondary N) is 1. The summed E-state index contributed by atoms with van der Waals surface area (Å²) in [5, 5.41) is 6.53. The van der Waals surface area contributed by atoms with E-state index in [-0.39, 0.29) is 5.91 Å². The van der Waals surface area contributed by atoms with Crippen LogP contribution in [0.5, 0.6) is 0 Å². The van der Waals surface area contributed by atoms with Crippen molar-refractivity contribution in [1.29, 1.82) is 0 Å². The second kappa shape index (κ2) is 4.76. The summed E-state index contributed by atoms with van der Waals surface area (Å²) < 4.78 is 0. The van der Waals surface area contributed by atoms with Crippen molar-refractivity contribution in [3.05, 3.63) is 0 Å². The van der Waals surface area contributed by atoms with E-state index in [1.54, 1.807) is 0 Å². The predicted octanol–water partition coefficient (Wildman–Crippen LogP) is -0.162. The van der Waals surface area contributed by atoms with Crippen LogP contribution in [0.2, 0.25) is 0 Å². The highest BCUT2D eigenvalue weighted by Crippen LogP contribution is 2.08. The monoisotopic (exact) mass is 187 g/mol. The van der Waals surface area contributed by atoms with E-state index in [0.717, 1.165) is 18.5 Å². The molecule has 0 aromatic carbocycles. The van der Waals surface area contributed by atoms with Crippen molar-refractivity contribution in [3.63, 3.8) is 0 Å². The quantitative estimate of drug-likeness (QED) is 0.482. The molecule has 5 nitrogen and oxygen atoms in total. The van der Waals surface area contributed by atoms with Gasteiger partial charge in [-0.2, -0.15) is 0 Å². The lowest BCUT2D eigenvalue weighted by molar-refractivity contribution is -0.113. The van der Waals surface area contributed by atoms with Crippen LogP contribution in [0.1, 0.15) is 0 Å². The lowest BCUT2D eigenvalue weighted by Crippen LogP contribution is -2.28. The third-order valence-electron chi connectivity index (χ3n) is 1.09. The molecule has 6 heteroatoms. The maximum Gasteiger partial charge on any atom is 0.271 e. The number of aliphatic imine (C=N–C) groups is 1. The van der Waals surface area contributed by atoms with Crippen LogP contribution in [0, 0.1) is 0 Å². The average Bonchev–Trinajstić information content (AvgIpc) is 2.53. The third-order valence-corrected chi connectivity index (χ3v) is 1.98. The highest BCUT2D eigenvalue weighted by Gasteiger charge is 2.08. The summed E-state index contributed by atoms with van der Waals surface area (Å²) in [7, 11) is 1.38. The number of hydrogen-bond acceptors (Lipinski definition) is 5. The van der Waals surface area contributed by atoms with Crippen LogP contribution in [0.3, 0.4) is 0 Å². The Hall–Kier alpha value is -1.04. The van der Waals surface area contributed by atoms with Gasteiger partial charge in [0, 0.05) is 5.75 Å². The van der Waals surface area contributed by atoms with Crippen LogP contribution in [0.15, 0.2) is 10.1 Å². The van der Waals surface area contributed by atoms with Crippen LogP contribution >= 0.6 is 11.8 Å². The standard InChI is InChI=1S/C6H9N3O2S/c1-11-8-4-5(10)9-6-7-2-3-12-6/h4H,2-3H2,1H3,(H,7,9,10)/b8-4+. The molecule has 0 fully saturated rings. The molecule has 1 heterocycles. The maximum absolute atomic E-state index is 10.9. The number of carbonyl (C=O) groups is 1. The molecular formula is C6H9N3O2S. The van der Waals surface area contributed by atoms with Crippen molar-refractivity contribution < 1.29 is 9.63 Å². The molecule has 0 radical (unpaired) electrons. The van der Waals surface area contributed by atoms with Gasteiger partial charge >= 0.3 is 0 Å². The highest BCUT2D eigenvalue weighted by molar-refractivity contribution is 8.14. The van der Waals surface area contributed by atoms with E-state index < -0.39 is 0 Å². The topological polar surface area (TPSA) is 63.0 Å². The van der Waals surface area contributed by atoms with Crippen molar-refractivity contribution in [1.82, 2.24) is 5.32 Å². The Bertz CT molecular complexity index is 227. The Labute approximate surface area is 74.3 Å². The first-order valence-corrected chi connectivity index (χ1v) is 4.36. The van der Waals surface area contributed by atoms with Gasteiger partial charge in [-0.25, -0.2) is 0 Å². The Kier molecular flexibility index (Phi) is 3.59. The lowest BCUT2D eigenvalue weighted by atomic mass is 10.7. The lowest BCUT2D eigenvalue weighted by Gasteiger charge is -1.97.